The average Bonchev–Trinajstić information content (AvgIpc) is 2.39. The molecule has 0 N–H and O–H groups in total. The number of hydrogen-bond acceptors (Lipinski definition) is 4. The van der Waals surface area contributed by atoms with E-state index < -0.39 is 0 Å². The highest BCUT2D eigenvalue weighted by atomic mass is 32.1. The highest BCUT2D eigenvalue weighted by Gasteiger charge is 2.41. The van der Waals surface area contributed by atoms with Crippen molar-refractivity contribution < 1.29 is 0 Å². The number of nitriles is 1. The minimum Gasteiger partial charge on any atom is -0.226 e. The second kappa shape index (κ2) is 2.28. The zero-order valence-electron chi connectivity index (χ0n) is 5.95. The van der Waals surface area contributed by atoms with Crippen molar-refractivity contribution in [2.75, 3.05) is 0 Å². The smallest absolute Gasteiger partial charge is 0.133 e. The molecule has 1 aromatic heterocycles. The molecule has 1 aliphatic carbocycles. The van der Waals surface area contributed by atoms with Crippen molar-refractivity contribution in [2.45, 2.75) is 24.7 Å². The molecule has 0 bridgehead atoms. The van der Waals surface area contributed by atoms with Crippen LogP contribution in [0.5, 0.6) is 0 Å². The van der Waals surface area contributed by atoms with Gasteiger partial charge in [0.15, 0.2) is 0 Å². The summed E-state index contributed by atoms with van der Waals surface area (Å²) in [6, 6.07) is 2.33. The molecule has 0 unspecified atom stereocenters. The molecule has 1 heterocycles. The second-order valence-electron chi connectivity index (χ2n) is 2.79. The Morgan fingerprint density at radius 2 is 2.45 bits per heavy atom. The van der Waals surface area contributed by atoms with Gasteiger partial charge in [-0.3, -0.25) is 0 Å². The van der Waals surface area contributed by atoms with Gasteiger partial charge in [-0.1, -0.05) is 0 Å². The van der Waals surface area contributed by atoms with E-state index in [-0.39, 0.29) is 5.41 Å². The number of aromatic nitrogens is 2. The van der Waals surface area contributed by atoms with Crippen LogP contribution in [0, 0.1) is 11.3 Å². The van der Waals surface area contributed by atoms with E-state index in [9.17, 15) is 0 Å². The Morgan fingerprint density at radius 3 is 2.82 bits per heavy atom. The number of rotatable bonds is 1. The summed E-state index contributed by atoms with van der Waals surface area (Å²) in [6.45, 7) is 0. The number of hydrogen-bond donors (Lipinski definition) is 0. The van der Waals surface area contributed by atoms with Gasteiger partial charge in [0.25, 0.3) is 0 Å². The maximum Gasteiger partial charge on any atom is 0.133 e. The van der Waals surface area contributed by atoms with Gasteiger partial charge in [0.2, 0.25) is 0 Å². The molecule has 0 atom stereocenters. The van der Waals surface area contributed by atoms with Crippen LogP contribution in [-0.2, 0) is 5.41 Å². The summed E-state index contributed by atoms with van der Waals surface area (Å²) in [6.07, 6.45) is 4.59. The fourth-order valence-electron chi connectivity index (χ4n) is 1.29. The van der Waals surface area contributed by atoms with Gasteiger partial charge in [-0.25, -0.2) is 4.98 Å². The highest BCUT2D eigenvalue weighted by Crippen LogP contribution is 2.43. The van der Waals surface area contributed by atoms with Crippen LogP contribution in [0.25, 0.3) is 0 Å². The van der Waals surface area contributed by atoms with Gasteiger partial charge in [-0.2, -0.15) is 9.64 Å². The van der Waals surface area contributed by atoms with Crippen molar-refractivity contribution in [3.63, 3.8) is 0 Å². The maximum atomic E-state index is 8.90. The molecule has 0 aromatic carbocycles. The Morgan fingerprint density at radius 1 is 1.64 bits per heavy atom. The third kappa shape index (κ3) is 0.847. The molecule has 1 aliphatic rings. The summed E-state index contributed by atoms with van der Waals surface area (Å²) < 4.78 is 3.90. The van der Waals surface area contributed by atoms with E-state index in [1.807, 2.05) is 0 Å². The largest absolute Gasteiger partial charge is 0.226 e. The third-order valence-electron chi connectivity index (χ3n) is 2.19. The van der Waals surface area contributed by atoms with E-state index in [1.54, 1.807) is 0 Å². The first-order chi connectivity index (χ1) is 5.37. The van der Waals surface area contributed by atoms with Gasteiger partial charge < -0.3 is 0 Å². The Bertz CT molecular complexity index is 281. The lowest BCUT2D eigenvalue weighted by molar-refractivity contribution is 0.323. The molecule has 3 nitrogen and oxygen atoms in total. The molecule has 0 amide bonds. The molecule has 1 fully saturated rings. The fraction of sp³-hybridized carbons (Fsp3) is 0.571. The molecule has 56 valence electrons. The Hall–Kier alpha value is -0.950. The SMILES string of the molecule is N#CC1(c2ncns2)CCC1. The maximum absolute atomic E-state index is 8.90. The fourth-order valence-corrected chi connectivity index (χ4v) is 2.00. The summed E-state index contributed by atoms with van der Waals surface area (Å²) in [5.41, 5.74) is -0.263. The van der Waals surface area contributed by atoms with Crippen molar-refractivity contribution in [3.05, 3.63) is 11.3 Å². The van der Waals surface area contributed by atoms with Crippen molar-refractivity contribution >= 4 is 11.5 Å². The van der Waals surface area contributed by atoms with Crippen LogP contribution < -0.4 is 0 Å². The first kappa shape index (κ1) is 6.74. The Kier molecular flexibility index (Phi) is 1.40. The van der Waals surface area contributed by atoms with Gasteiger partial charge in [0.1, 0.15) is 16.7 Å². The molecule has 0 aliphatic heterocycles. The minimum atomic E-state index is -0.263. The van der Waals surface area contributed by atoms with E-state index in [4.69, 9.17) is 5.26 Å². The third-order valence-corrected chi connectivity index (χ3v) is 3.06. The topological polar surface area (TPSA) is 49.6 Å². The zero-order chi connectivity index (χ0) is 7.73. The number of nitrogens with zero attached hydrogens (tertiary/aromatic N) is 3. The quantitative estimate of drug-likeness (QED) is 0.633. The van der Waals surface area contributed by atoms with Crippen LogP contribution in [0.15, 0.2) is 6.33 Å². The normalized spacial score (nSPS) is 20.3. The van der Waals surface area contributed by atoms with Gasteiger partial charge in [0, 0.05) is 0 Å². The highest BCUT2D eigenvalue weighted by molar-refractivity contribution is 7.05. The van der Waals surface area contributed by atoms with E-state index in [0.717, 1.165) is 24.3 Å². The van der Waals surface area contributed by atoms with Gasteiger partial charge >= 0.3 is 0 Å². The van der Waals surface area contributed by atoms with Crippen molar-refractivity contribution in [1.82, 2.24) is 9.36 Å². The van der Waals surface area contributed by atoms with E-state index in [0.29, 0.717) is 0 Å². The van der Waals surface area contributed by atoms with Crippen molar-refractivity contribution in [2.24, 2.45) is 0 Å². The molecule has 1 aromatic rings. The van der Waals surface area contributed by atoms with Crippen LogP contribution in [0.4, 0.5) is 0 Å². The van der Waals surface area contributed by atoms with Gasteiger partial charge in [0.05, 0.1) is 6.07 Å². The van der Waals surface area contributed by atoms with Crippen LogP contribution in [0.1, 0.15) is 24.3 Å². The second-order valence-corrected chi connectivity index (χ2v) is 3.57. The van der Waals surface area contributed by atoms with Gasteiger partial charge in [-0.15, -0.1) is 0 Å². The molecular formula is C7H7N3S. The van der Waals surface area contributed by atoms with E-state index >= 15 is 0 Å². The van der Waals surface area contributed by atoms with Crippen LogP contribution in [0.3, 0.4) is 0 Å². The molecule has 0 radical (unpaired) electrons. The van der Waals surface area contributed by atoms with Crippen molar-refractivity contribution in [1.29, 1.82) is 5.26 Å². The van der Waals surface area contributed by atoms with Crippen LogP contribution in [-0.4, -0.2) is 9.36 Å². The monoisotopic (exact) mass is 165 g/mol. The summed E-state index contributed by atoms with van der Waals surface area (Å²) >= 11 is 1.35. The standard InChI is InChI=1S/C7H7N3S/c8-4-7(2-1-3-7)6-9-5-10-11-6/h5H,1-3H2. The first-order valence-corrected chi connectivity index (χ1v) is 4.33. The molecule has 1 saturated carbocycles. The lowest BCUT2D eigenvalue weighted by Crippen LogP contribution is -2.31. The Balaban J connectivity index is 2.34. The predicted molar refractivity (Wildman–Crippen MR) is 41.1 cm³/mol. The van der Waals surface area contributed by atoms with Crippen LogP contribution >= 0.6 is 11.5 Å². The van der Waals surface area contributed by atoms with Crippen LogP contribution in [0.2, 0.25) is 0 Å². The molecular weight excluding hydrogens is 158 g/mol. The first-order valence-electron chi connectivity index (χ1n) is 3.56. The van der Waals surface area contributed by atoms with E-state index in [1.165, 1.54) is 17.9 Å². The van der Waals surface area contributed by atoms with Gasteiger partial charge in [-0.05, 0) is 30.8 Å². The zero-order valence-corrected chi connectivity index (χ0v) is 6.77. The average molecular weight is 165 g/mol. The summed E-state index contributed by atoms with van der Waals surface area (Å²) in [5, 5.41) is 9.79. The van der Waals surface area contributed by atoms with E-state index in [2.05, 4.69) is 15.4 Å². The minimum absolute atomic E-state index is 0.263. The molecule has 2 rings (SSSR count). The Labute approximate surface area is 68.9 Å². The predicted octanol–water partition coefficient (Wildman–Crippen LogP) is 1.48. The molecule has 0 saturated heterocycles. The summed E-state index contributed by atoms with van der Waals surface area (Å²) in [5.74, 6) is 0. The lowest BCUT2D eigenvalue weighted by Gasteiger charge is -2.32. The molecule has 0 spiro atoms. The molecule has 11 heavy (non-hydrogen) atoms. The lowest BCUT2D eigenvalue weighted by atomic mass is 9.70. The van der Waals surface area contributed by atoms with Crippen molar-refractivity contribution in [3.8, 4) is 6.07 Å². The summed E-state index contributed by atoms with van der Waals surface area (Å²) in [4.78, 5) is 4.07. The summed E-state index contributed by atoms with van der Waals surface area (Å²) in [7, 11) is 0. The molecule has 4 heteroatoms.